The molecule has 3 aromatic rings. The maximum absolute atomic E-state index is 13.7. The molecule has 0 aromatic heterocycles. The second-order valence-corrected chi connectivity index (χ2v) is 7.82. The fourth-order valence-corrected chi connectivity index (χ4v) is 3.84. The topological polar surface area (TPSA) is 88.2 Å². The molecule has 0 unspecified atom stereocenters. The lowest BCUT2D eigenvalue weighted by Gasteiger charge is -2.22. The van der Waals surface area contributed by atoms with Crippen LogP contribution >= 0.6 is 11.8 Å². The maximum Gasteiger partial charge on any atom is 0.417 e. The van der Waals surface area contributed by atoms with E-state index in [1.807, 2.05) is 30.3 Å². The monoisotopic (exact) mass is 463 g/mol. The Labute approximate surface area is 186 Å². The van der Waals surface area contributed by atoms with Gasteiger partial charge in [0.15, 0.2) is 0 Å². The molecule has 1 atom stereocenters. The Bertz CT molecular complexity index is 1050. The first-order valence-corrected chi connectivity index (χ1v) is 10.3. The zero-order valence-corrected chi connectivity index (χ0v) is 17.5. The molecule has 0 aliphatic carbocycles. The second kappa shape index (κ2) is 10.5. The van der Waals surface area contributed by atoms with Crippen molar-refractivity contribution in [1.82, 2.24) is 0 Å². The third kappa shape index (κ3) is 6.00. The van der Waals surface area contributed by atoms with Gasteiger partial charge in [0.1, 0.15) is 18.5 Å². The molecule has 0 fully saturated rings. The van der Waals surface area contributed by atoms with E-state index in [9.17, 15) is 18.1 Å². The van der Waals surface area contributed by atoms with Gasteiger partial charge < -0.3 is 15.6 Å². The molecule has 0 heterocycles. The third-order valence-corrected chi connectivity index (χ3v) is 5.47. The summed E-state index contributed by atoms with van der Waals surface area (Å²) in [5, 5.41) is 12.3. The molecule has 3 N–H and O–H groups in total. The Morgan fingerprint density at radius 3 is 2.47 bits per heavy atom. The standard InChI is InChI=1S/C22H20F3N3O3S/c23-22(24,25)19-11-16(28(27-30)21(26)13-29)9-10-20(19)32-18-8-4-7-17(12-18)31-14-15-5-2-1-3-6-15/h1-12,21,29H,13-14,26H2/t21-/m1/s1. The van der Waals surface area contributed by atoms with Crippen LogP contribution < -0.4 is 15.5 Å². The number of alkyl halides is 3. The van der Waals surface area contributed by atoms with Crippen molar-refractivity contribution < 1.29 is 23.0 Å². The lowest BCUT2D eigenvalue weighted by Crippen LogP contribution is -2.41. The van der Waals surface area contributed by atoms with Gasteiger partial charge in [0.2, 0.25) is 0 Å². The Balaban J connectivity index is 1.84. The number of nitrogens with zero attached hydrogens (tertiary/aromatic N) is 2. The van der Waals surface area contributed by atoms with Gasteiger partial charge in [-0.3, -0.25) is 0 Å². The van der Waals surface area contributed by atoms with Gasteiger partial charge in [-0.25, -0.2) is 5.01 Å². The highest BCUT2D eigenvalue weighted by Gasteiger charge is 2.35. The molecule has 0 spiro atoms. The van der Waals surface area contributed by atoms with E-state index in [2.05, 4.69) is 5.29 Å². The van der Waals surface area contributed by atoms with Gasteiger partial charge in [-0.2, -0.15) is 13.2 Å². The van der Waals surface area contributed by atoms with E-state index in [0.717, 1.165) is 23.4 Å². The van der Waals surface area contributed by atoms with Crippen LogP contribution in [0.15, 0.2) is 87.9 Å². The van der Waals surface area contributed by atoms with Crippen LogP contribution in [0.4, 0.5) is 18.9 Å². The quantitative estimate of drug-likeness (QED) is 0.258. The number of hydrogen-bond acceptors (Lipinski definition) is 6. The highest BCUT2D eigenvalue weighted by atomic mass is 32.2. The molecular formula is C22H20F3N3O3S. The molecule has 0 aliphatic rings. The first-order chi connectivity index (χ1) is 15.3. The summed E-state index contributed by atoms with van der Waals surface area (Å²) in [6.07, 6.45) is -5.94. The molecule has 0 radical (unpaired) electrons. The van der Waals surface area contributed by atoms with Crippen molar-refractivity contribution in [3.05, 3.63) is 88.8 Å². The molecule has 3 rings (SSSR count). The Morgan fingerprint density at radius 2 is 1.81 bits per heavy atom. The predicted octanol–water partition coefficient (Wildman–Crippen LogP) is 5.20. The fraction of sp³-hybridized carbons (Fsp3) is 0.182. The van der Waals surface area contributed by atoms with Gasteiger partial charge in [0, 0.05) is 9.79 Å². The number of nitroso groups, excluding NO2 is 1. The molecule has 0 saturated carbocycles. The van der Waals surface area contributed by atoms with Crippen LogP contribution in [0.5, 0.6) is 5.75 Å². The number of nitrogens with two attached hydrogens (primary N) is 1. The molecular weight excluding hydrogens is 443 g/mol. The minimum absolute atomic E-state index is 0.0649. The molecule has 3 aromatic carbocycles. The smallest absolute Gasteiger partial charge is 0.417 e. The number of halogens is 3. The first kappa shape index (κ1) is 23.6. The predicted molar refractivity (Wildman–Crippen MR) is 116 cm³/mol. The Hall–Kier alpha value is -3.08. The number of aliphatic hydroxyl groups excluding tert-OH is 1. The molecule has 0 saturated heterocycles. The van der Waals surface area contributed by atoms with Crippen LogP contribution in [-0.4, -0.2) is 17.9 Å². The minimum atomic E-state index is -4.68. The van der Waals surface area contributed by atoms with Crippen molar-refractivity contribution in [2.24, 2.45) is 11.0 Å². The average Bonchev–Trinajstić information content (AvgIpc) is 2.79. The van der Waals surface area contributed by atoms with Gasteiger partial charge in [-0.1, -0.05) is 48.2 Å². The summed E-state index contributed by atoms with van der Waals surface area (Å²) in [5.41, 5.74) is 5.40. The van der Waals surface area contributed by atoms with Crippen LogP contribution in [0.3, 0.4) is 0 Å². The van der Waals surface area contributed by atoms with E-state index in [4.69, 9.17) is 15.6 Å². The summed E-state index contributed by atoms with van der Waals surface area (Å²) in [5.74, 6) is 0.522. The minimum Gasteiger partial charge on any atom is -0.489 e. The SMILES string of the molecule is N[C@@H](CO)N(N=O)c1ccc(Sc2cccc(OCc3ccccc3)c2)c(C(F)(F)F)c1. The number of anilines is 1. The molecule has 10 heteroatoms. The van der Waals surface area contributed by atoms with Crippen molar-refractivity contribution in [2.75, 3.05) is 11.6 Å². The van der Waals surface area contributed by atoms with Gasteiger partial charge in [0.05, 0.1) is 23.1 Å². The lowest BCUT2D eigenvalue weighted by molar-refractivity contribution is -0.139. The number of benzene rings is 3. The van der Waals surface area contributed by atoms with Crippen LogP contribution in [0.25, 0.3) is 0 Å². The lowest BCUT2D eigenvalue weighted by atomic mass is 10.2. The van der Waals surface area contributed by atoms with Crippen molar-refractivity contribution in [3.63, 3.8) is 0 Å². The Kier molecular flexibility index (Phi) is 7.73. The van der Waals surface area contributed by atoms with Gasteiger partial charge in [-0.15, -0.1) is 4.91 Å². The van der Waals surface area contributed by atoms with E-state index < -0.39 is 24.5 Å². The molecule has 6 nitrogen and oxygen atoms in total. The normalized spacial score (nSPS) is 12.3. The molecule has 168 valence electrons. The number of hydrogen-bond donors (Lipinski definition) is 2. The largest absolute Gasteiger partial charge is 0.489 e. The first-order valence-electron chi connectivity index (χ1n) is 9.46. The van der Waals surface area contributed by atoms with Crippen molar-refractivity contribution in [1.29, 1.82) is 0 Å². The molecule has 0 aliphatic heterocycles. The van der Waals surface area contributed by atoms with Gasteiger partial charge in [-0.05, 0) is 42.0 Å². The number of ether oxygens (including phenoxy) is 1. The average molecular weight is 463 g/mol. The van der Waals surface area contributed by atoms with Crippen LogP contribution in [0.2, 0.25) is 0 Å². The maximum atomic E-state index is 13.7. The number of rotatable bonds is 9. The second-order valence-electron chi connectivity index (χ2n) is 6.71. The third-order valence-electron chi connectivity index (χ3n) is 4.40. The fourth-order valence-electron chi connectivity index (χ4n) is 2.84. The highest BCUT2D eigenvalue weighted by Crippen LogP contribution is 2.42. The summed E-state index contributed by atoms with van der Waals surface area (Å²) in [6, 6.07) is 19.6. The molecule has 0 bridgehead atoms. The summed E-state index contributed by atoms with van der Waals surface area (Å²) in [4.78, 5) is 11.5. The summed E-state index contributed by atoms with van der Waals surface area (Å²) < 4.78 is 46.9. The van der Waals surface area contributed by atoms with E-state index in [1.54, 1.807) is 24.3 Å². The van der Waals surface area contributed by atoms with Crippen molar-refractivity contribution >= 4 is 17.4 Å². The zero-order chi connectivity index (χ0) is 23.1. The summed E-state index contributed by atoms with van der Waals surface area (Å²) in [7, 11) is 0. The molecule has 0 amide bonds. The number of aliphatic hydroxyl groups is 1. The van der Waals surface area contributed by atoms with Crippen molar-refractivity contribution in [2.45, 2.75) is 28.7 Å². The van der Waals surface area contributed by atoms with E-state index in [0.29, 0.717) is 22.3 Å². The zero-order valence-electron chi connectivity index (χ0n) is 16.7. The van der Waals surface area contributed by atoms with Crippen LogP contribution in [-0.2, 0) is 12.8 Å². The highest BCUT2D eigenvalue weighted by molar-refractivity contribution is 7.99. The van der Waals surface area contributed by atoms with Gasteiger partial charge in [0.25, 0.3) is 0 Å². The summed E-state index contributed by atoms with van der Waals surface area (Å²) >= 11 is 0.911. The Morgan fingerprint density at radius 1 is 1.06 bits per heavy atom. The molecule has 32 heavy (non-hydrogen) atoms. The van der Waals surface area contributed by atoms with Crippen LogP contribution in [0, 0.1) is 4.91 Å². The van der Waals surface area contributed by atoms with Gasteiger partial charge >= 0.3 is 6.18 Å². The summed E-state index contributed by atoms with van der Waals surface area (Å²) in [6.45, 7) is -0.323. The van der Waals surface area contributed by atoms with Crippen molar-refractivity contribution in [3.8, 4) is 5.75 Å². The van der Waals surface area contributed by atoms with E-state index in [-0.39, 0.29) is 10.6 Å². The van der Waals surface area contributed by atoms with E-state index >= 15 is 0 Å². The van der Waals surface area contributed by atoms with Crippen LogP contribution in [0.1, 0.15) is 11.1 Å². The van der Waals surface area contributed by atoms with E-state index in [1.165, 1.54) is 12.1 Å².